The molecule has 0 radical (unpaired) electrons. The van der Waals surface area contributed by atoms with Gasteiger partial charge in [-0.1, -0.05) is 66.2 Å². The zero-order valence-electron chi connectivity index (χ0n) is 16.7. The standard InChI is InChI=1S/C26H18ClNO3/c1-14(29)26-19-11-4-2-9-17(19)21(18-10-3-5-12-20(18)26)22-23(26)25(31)28(24(22)30)16-8-6-7-15(27)13-16/h2-13,21-23H,1H3/t21?,22-,23+,26?/m1/s1. The molecular weight excluding hydrogens is 410 g/mol. The summed E-state index contributed by atoms with van der Waals surface area (Å²) < 4.78 is 0. The molecule has 0 saturated carbocycles. The molecule has 4 aliphatic rings. The number of anilines is 1. The highest BCUT2D eigenvalue weighted by Gasteiger charge is 2.69. The van der Waals surface area contributed by atoms with Crippen molar-refractivity contribution in [2.24, 2.45) is 11.8 Å². The lowest BCUT2D eigenvalue weighted by atomic mass is 9.46. The summed E-state index contributed by atoms with van der Waals surface area (Å²) in [5.41, 5.74) is 2.90. The van der Waals surface area contributed by atoms with Crippen molar-refractivity contribution in [1.29, 1.82) is 0 Å². The number of rotatable bonds is 2. The van der Waals surface area contributed by atoms with Gasteiger partial charge in [0, 0.05) is 10.9 Å². The van der Waals surface area contributed by atoms with Crippen LogP contribution in [0.4, 0.5) is 5.69 Å². The maximum atomic E-state index is 13.9. The molecular formula is C26H18ClNO3. The number of imide groups is 1. The smallest absolute Gasteiger partial charge is 0.239 e. The van der Waals surface area contributed by atoms with E-state index in [1.165, 1.54) is 11.8 Å². The van der Waals surface area contributed by atoms with Gasteiger partial charge in [-0.15, -0.1) is 0 Å². The molecule has 31 heavy (non-hydrogen) atoms. The molecule has 0 aromatic heterocycles. The third-order valence-corrected chi connectivity index (χ3v) is 7.47. The summed E-state index contributed by atoms with van der Waals surface area (Å²) in [6.07, 6.45) is 0. The van der Waals surface area contributed by atoms with Crippen LogP contribution >= 0.6 is 11.6 Å². The molecule has 2 atom stereocenters. The van der Waals surface area contributed by atoms with E-state index in [1.807, 2.05) is 48.5 Å². The van der Waals surface area contributed by atoms with Crippen molar-refractivity contribution in [2.45, 2.75) is 18.3 Å². The molecule has 1 heterocycles. The molecule has 1 fully saturated rings. The average molecular weight is 428 g/mol. The lowest BCUT2D eigenvalue weighted by Gasteiger charge is -2.52. The van der Waals surface area contributed by atoms with Crippen LogP contribution < -0.4 is 4.90 Å². The number of hydrogen-bond donors (Lipinski definition) is 0. The largest absolute Gasteiger partial charge is 0.299 e. The van der Waals surface area contributed by atoms with Gasteiger partial charge in [-0.3, -0.25) is 14.4 Å². The first-order valence-corrected chi connectivity index (χ1v) is 10.7. The lowest BCUT2D eigenvalue weighted by Crippen LogP contribution is -2.57. The van der Waals surface area contributed by atoms with Crippen LogP contribution in [0.3, 0.4) is 0 Å². The van der Waals surface area contributed by atoms with Crippen LogP contribution in [0.2, 0.25) is 5.02 Å². The molecule has 152 valence electrons. The van der Waals surface area contributed by atoms with Crippen molar-refractivity contribution >= 4 is 34.9 Å². The summed E-state index contributed by atoms with van der Waals surface area (Å²) in [5, 5.41) is 0.448. The normalized spacial score (nSPS) is 27.7. The van der Waals surface area contributed by atoms with Crippen molar-refractivity contribution in [1.82, 2.24) is 0 Å². The van der Waals surface area contributed by atoms with Crippen LogP contribution in [0, 0.1) is 11.8 Å². The molecule has 1 saturated heterocycles. The van der Waals surface area contributed by atoms with E-state index in [9.17, 15) is 14.4 Å². The molecule has 5 heteroatoms. The van der Waals surface area contributed by atoms with Gasteiger partial charge >= 0.3 is 0 Å². The number of carbonyl (C=O) groups is 3. The molecule has 3 aliphatic carbocycles. The van der Waals surface area contributed by atoms with Gasteiger partial charge in [0.15, 0.2) is 0 Å². The SMILES string of the molecule is CC(=O)C12c3ccccc3C(c3ccccc31)[C@H]1C(=O)N(c3cccc(Cl)c3)C(=O)[C@H]12. The Bertz CT molecular complexity index is 1270. The van der Waals surface area contributed by atoms with E-state index in [0.717, 1.165) is 22.3 Å². The quantitative estimate of drug-likeness (QED) is 0.566. The van der Waals surface area contributed by atoms with Crippen LogP contribution in [0.15, 0.2) is 72.8 Å². The molecule has 1 aliphatic heterocycles. The van der Waals surface area contributed by atoms with Crippen LogP contribution in [0.25, 0.3) is 0 Å². The highest BCUT2D eigenvalue weighted by molar-refractivity contribution is 6.31. The Labute approximate surface area is 184 Å². The molecule has 0 N–H and O–H groups in total. The summed E-state index contributed by atoms with van der Waals surface area (Å²) in [6.45, 7) is 1.54. The summed E-state index contributed by atoms with van der Waals surface area (Å²) in [7, 11) is 0. The minimum absolute atomic E-state index is 0.116. The second-order valence-corrected chi connectivity index (χ2v) is 8.95. The molecule has 4 nitrogen and oxygen atoms in total. The fourth-order valence-corrected chi connectivity index (χ4v) is 6.42. The number of ketones is 1. The van der Waals surface area contributed by atoms with Crippen molar-refractivity contribution in [3.8, 4) is 0 Å². The fraction of sp³-hybridized carbons (Fsp3) is 0.192. The maximum Gasteiger partial charge on any atom is 0.239 e. The van der Waals surface area contributed by atoms with E-state index in [2.05, 4.69) is 0 Å². The second-order valence-electron chi connectivity index (χ2n) is 8.51. The predicted molar refractivity (Wildman–Crippen MR) is 117 cm³/mol. The summed E-state index contributed by atoms with van der Waals surface area (Å²) in [4.78, 5) is 42.4. The van der Waals surface area contributed by atoms with E-state index in [4.69, 9.17) is 11.6 Å². The summed E-state index contributed by atoms with van der Waals surface area (Å²) in [6, 6.07) is 22.3. The summed E-state index contributed by atoms with van der Waals surface area (Å²) in [5.74, 6) is -2.38. The zero-order chi connectivity index (χ0) is 21.5. The number of amides is 2. The number of benzene rings is 3. The number of halogens is 1. The van der Waals surface area contributed by atoms with Crippen LogP contribution in [0.5, 0.6) is 0 Å². The molecule has 3 aromatic rings. The molecule has 2 amide bonds. The first-order valence-electron chi connectivity index (χ1n) is 10.3. The van der Waals surface area contributed by atoms with E-state index in [-0.39, 0.29) is 23.5 Å². The fourth-order valence-electron chi connectivity index (χ4n) is 6.24. The van der Waals surface area contributed by atoms with Gasteiger partial charge in [0.05, 0.1) is 22.9 Å². The first-order chi connectivity index (χ1) is 15.0. The van der Waals surface area contributed by atoms with E-state index in [0.29, 0.717) is 10.7 Å². The highest BCUT2D eigenvalue weighted by Crippen LogP contribution is 2.64. The van der Waals surface area contributed by atoms with Gasteiger partial charge in [-0.25, -0.2) is 4.90 Å². The van der Waals surface area contributed by atoms with E-state index < -0.39 is 17.3 Å². The number of nitrogens with zero attached hydrogens (tertiary/aromatic N) is 1. The third-order valence-electron chi connectivity index (χ3n) is 7.24. The molecule has 7 rings (SSSR count). The number of carbonyl (C=O) groups excluding carboxylic acids is 3. The Morgan fingerprint density at radius 3 is 2.06 bits per heavy atom. The Balaban J connectivity index is 1.68. The second kappa shape index (κ2) is 6.14. The van der Waals surface area contributed by atoms with Gasteiger partial charge in [0.2, 0.25) is 11.8 Å². The topological polar surface area (TPSA) is 54.5 Å². The highest BCUT2D eigenvalue weighted by atomic mass is 35.5. The molecule has 0 unspecified atom stereocenters. The van der Waals surface area contributed by atoms with Crippen molar-refractivity contribution in [2.75, 3.05) is 4.90 Å². The third kappa shape index (κ3) is 2.08. The molecule has 0 spiro atoms. The molecule has 2 bridgehead atoms. The Morgan fingerprint density at radius 1 is 0.871 bits per heavy atom. The van der Waals surface area contributed by atoms with Crippen molar-refractivity contribution < 1.29 is 14.4 Å². The number of hydrogen-bond acceptors (Lipinski definition) is 3. The van der Waals surface area contributed by atoms with Crippen LogP contribution in [0.1, 0.15) is 35.1 Å². The van der Waals surface area contributed by atoms with E-state index in [1.54, 1.807) is 24.3 Å². The average Bonchev–Trinajstić information content (AvgIpc) is 3.04. The van der Waals surface area contributed by atoms with Crippen LogP contribution in [-0.4, -0.2) is 17.6 Å². The Morgan fingerprint density at radius 2 is 1.48 bits per heavy atom. The minimum atomic E-state index is -1.17. The van der Waals surface area contributed by atoms with Gasteiger partial charge in [-0.2, -0.15) is 0 Å². The Hall–Kier alpha value is -3.24. The van der Waals surface area contributed by atoms with Crippen molar-refractivity contribution in [3.05, 3.63) is 100 Å². The van der Waals surface area contributed by atoms with E-state index >= 15 is 0 Å². The van der Waals surface area contributed by atoms with Gasteiger partial charge in [0.25, 0.3) is 0 Å². The van der Waals surface area contributed by atoms with Gasteiger partial charge in [0.1, 0.15) is 5.78 Å². The Kier molecular flexibility index (Phi) is 3.67. The maximum absolute atomic E-state index is 13.9. The van der Waals surface area contributed by atoms with Crippen LogP contribution in [-0.2, 0) is 19.8 Å². The monoisotopic (exact) mass is 427 g/mol. The predicted octanol–water partition coefficient (Wildman–Crippen LogP) is 4.48. The lowest BCUT2D eigenvalue weighted by molar-refractivity contribution is -0.132. The van der Waals surface area contributed by atoms with Gasteiger partial charge < -0.3 is 0 Å². The first kappa shape index (κ1) is 18.5. The van der Waals surface area contributed by atoms with Crippen molar-refractivity contribution in [3.63, 3.8) is 0 Å². The minimum Gasteiger partial charge on any atom is -0.299 e. The van der Waals surface area contributed by atoms with Gasteiger partial charge in [-0.05, 0) is 47.4 Å². The molecule has 3 aromatic carbocycles. The zero-order valence-corrected chi connectivity index (χ0v) is 17.5. The number of Topliss-reactive ketones (excluding diaryl/α,β-unsaturated/α-hetero) is 1. The summed E-state index contributed by atoms with van der Waals surface area (Å²) >= 11 is 6.16.